The second-order valence-electron chi connectivity index (χ2n) is 5.66. The normalized spacial score (nSPS) is 10.8. The summed E-state index contributed by atoms with van der Waals surface area (Å²) in [5, 5.41) is 6.97. The van der Waals surface area contributed by atoms with Crippen molar-refractivity contribution in [2.45, 2.75) is 6.92 Å². The quantitative estimate of drug-likeness (QED) is 0.383. The third kappa shape index (κ3) is 4.02. The number of aromatic nitrogens is 1. The molecule has 26 heavy (non-hydrogen) atoms. The van der Waals surface area contributed by atoms with E-state index in [4.69, 9.17) is 0 Å². The van der Waals surface area contributed by atoms with Crippen molar-refractivity contribution in [3.8, 4) is 0 Å². The summed E-state index contributed by atoms with van der Waals surface area (Å²) in [6.07, 6.45) is 1.20. The highest BCUT2D eigenvalue weighted by Gasteiger charge is 2.12. The van der Waals surface area contributed by atoms with E-state index in [1.807, 2.05) is 37.3 Å². The maximum atomic E-state index is 12.0. The number of hydrogen-bond donors (Lipinski definition) is 3. The molecular formula is C19H16N4O3. The molecule has 0 aliphatic heterocycles. The molecule has 1 heterocycles. The Morgan fingerprint density at radius 3 is 2.54 bits per heavy atom. The highest BCUT2D eigenvalue weighted by molar-refractivity contribution is 6.39. The number of aryl methyl sites for hydroxylation is 1. The number of H-pyrrole nitrogens is 1. The maximum Gasteiger partial charge on any atom is 0.329 e. The van der Waals surface area contributed by atoms with Gasteiger partial charge < -0.3 is 10.3 Å². The van der Waals surface area contributed by atoms with Crippen molar-refractivity contribution in [3.63, 3.8) is 0 Å². The average Bonchev–Trinajstić information content (AvgIpc) is 2.63. The van der Waals surface area contributed by atoms with Crippen molar-refractivity contribution in [1.82, 2.24) is 10.4 Å². The number of benzene rings is 2. The van der Waals surface area contributed by atoms with Crippen LogP contribution in [0.4, 0.5) is 5.69 Å². The molecule has 1 aromatic heterocycles. The monoisotopic (exact) mass is 348 g/mol. The number of fused-ring (bicyclic) bond motifs is 1. The summed E-state index contributed by atoms with van der Waals surface area (Å²) in [5.74, 6) is -1.78. The summed E-state index contributed by atoms with van der Waals surface area (Å²) in [4.78, 5) is 38.3. The number of carbonyl (C=O) groups excluding carboxylic acids is 2. The minimum atomic E-state index is -0.931. The Kier molecular flexibility index (Phi) is 4.89. The average molecular weight is 348 g/mol. The molecule has 0 spiro atoms. The molecule has 3 rings (SSSR count). The van der Waals surface area contributed by atoms with Crippen LogP contribution in [0.5, 0.6) is 0 Å². The van der Waals surface area contributed by atoms with Gasteiger partial charge in [-0.15, -0.1) is 0 Å². The standard InChI is InChI=1S/C19H16N4O3/c1-12-6-8-15(9-7-12)21-18(25)19(26)23-20-11-14-10-13-4-2-3-5-16(13)22-17(14)24/h2-11H,1H3,(H,21,25)(H,22,24)(H,23,26)/b20-11+. The van der Waals surface area contributed by atoms with Gasteiger partial charge in [-0.2, -0.15) is 5.10 Å². The van der Waals surface area contributed by atoms with Gasteiger partial charge in [0.25, 0.3) is 5.56 Å². The predicted molar refractivity (Wildman–Crippen MR) is 100 cm³/mol. The smallest absolute Gasteiger partial charge is 0.321 e. The van der Waals surface area contributed by atoms with Crippen LogP contribution in [0, 0.1) is 6.92 Å². The molecule has 0 aliphatic carbocycles. The number of amides is 2. The predicted octanol–water partition coefficient (Wildman–Crippen LogP) is 1.93. The molecule has 3 N–H and O–H groups in total. The van der Waals surface area contributed by atoms with E-state index in [1.165, 1.54) is 6.21 Å². The van der Waals surface area contributed by atoms with Crippen molar-refractivity contribution in [3.05, 3.63) is 76.1 Å². The van der Waals surface area contributed by atoms with Crippen molar-refractivity contribution in [2.24, 2.45) is 5.10 Å². The topological polar surface area (TPSA) is 103 Å². The fourth-order valence-electron chi connectivity index (χ4n) is 2.30. The van der Waals surface area contributed by atoms with Crippen LogP contribution < -0.4 is 16.3 Å². The van der Waals surface area contributed by atoms with Gasteiger partial charge in [0.15, 0.2) is 0 Å². The van der Waals surface area contributed by atoms with Crippen molar-refractivity contribution >= 4 is 34.6 Å². The van der Waals surface area contributed by atoms with Gasteiger partial charge in [0.05, 0.1) is 11.8 Å². The van der Waals surface area contributed by atoms with E-state index in [-0.39, 0.29) is 11.1 Å². The number of hydrogen-bond acceptors (Lipinski definition) is 4. The van der Waals surface area contributed by atoms with Crippen LogP contribution in [0.25, 0.3) is 10.9 Å². The highest BCUT2D eigenvalue weighted by Crippen LogP contribution is 2.09. The van der Waals surface area contributed by atoms with Gasteiger partial charge in [0, 0.05) is 11.2 Å². The number of rotatable bonds is 3. The van der Waals surface area contributed by atoms with E-state index in [1.54, 1.807) is 24.3 Å². The second kappa shape index (κ2) is 7.43. The summed E-state index contributed by atoms with van der Waals surface area (Å²) >= 11 is 0. The number of hydrazone groups is 1. The summed E-state index contributed by atoms with van der Waals surface area (Å²) in [6.45, 7) is 1.92. The number of pyridine rings is 1. The minimum Gasteiger partial charge on any atom is -0.321 e. The first-order valence-electron chi connectivity index (χ1n) is 7.86. The summed E-state index contributed by atoms with van der Waals surface area (Å²) in [7, 11) is 0. The number of anilines is 1. The molecule has 0 unspecified atom stereocenters. The molecule has 130 valence electrons. The SMILES string of the molecule is Cc1ccc(NC(=O)C(=O)N/N=C/c2cc3ccccc3[nH]c2=O)cc1. The van der Waals surface area contributed by atoms with Gasteiger partial charge in [0.2, 0.25) is 0 Å². The van der Waals surface area contributed by atoms with Crippen LogP contribution in [0.2, 0.25) is 0 Å². The van der Waals surface area contributed by atoms with Gasteiger partial charge in [-0.1, -0.05) is 35.9 Å². The van der Waals surface area contributed by atoms with E-state index in [9.17, 15) is 14.4 Å². The Morgan fingerprint density at radius 1 is 1.04 bits per heavy atom. The lowest BCUT2D eigenvalue weighted by molar-refractivity contribution is -0.136. The fourth-order valence-corrected chi connectivity index (χ4v) is 2.30. The molecule has 0 atom stereocenters. The number of para-hydroxylation sites is 1. The number of nitrogens with zero attached hydrogens (tertiary/aromatic N) is 1. The van der Waals surface area contributed by atoms with E-state index in [2.05, 4.69) is 20.8 Å². The van der Waals surface area contributed by atoms with Crippen LogP contribution in [0.15, 0.2) is 64.5 Å². The molecule has 2 aromatic carbocycles. The zero-order chi connectivity index (χ0) is 18.5. The molecule has 0 radical (unpaired) electrons. The maximum absolute atomic E-state index is 12.0. The Labute approximate surface area is 148 Å². The lowest BCUT2D eigenvalue weighted by atomic mass is 10.2. The van der Waals surface area contributed by atoms with Gasteiger partial charge in [0.1, 0.15) is 0 Å². The highest BCUT2D eigenvalue weighted by atomic mass is 16.2. The Hall–Kier alpha value is -3.74. The molecule has 0 saturated heterocycles. The first-order chi connectivity index (χ1) is 12.5. The first-order valence-corrected chi connectivity index (χ1v) is 7.86. The molecular weight excluding hydrogens is 332 g/mol. The molecule has 2 amide bonds. The van der Waals surface area contributed by atoms with Crippen molar-refractivity contribution < 1.29 is 9.59 Å². The van der Waals surface area contributed by atoms with Crippen LogP contribution in [0.3, 0.4) is 0 Å². The van der Waals surface area contributed by atoms with Crippen LogP contribution in [0.1, 0.15) is 11.1 Å². The zero-order valence-corrected chi connectivity index (χ0v) is 13.9. The number of nitrogens with one attached hydrogen (secondary N) is 3. The first kappa shape index (κ1) is 17.1. The Bertz CT molecular complexity index is 1050. The van der Waals surface area contributed by atoms with Gasteiger partial charge in [-0.25, -0.2) is 5.43 Å². The molecule has 3 aromatic rings. The van der Waals surface area contributed by atoms with E-state index in [0.29, 0.717) is 11.2 Å². The van der Waals surface area contributed by atoms with Crippen molar-refractivity contribution in [2.75, 3.05) is 5.32 Å². The second-order valence-corrected chi connectivity index (χ2v) is 5.66. The molecule has 7 heteroatoms. The molecule has 0 bridgehead atoms. The van der Waals surface area contributed by atoms with Crippen LogP contribution in [-0.2, 0) is 9.59 Å². The summed E-state index contributed by atoms with van der Waals surface area (Å²) in [6, 6.07) is 16.0. The number of aromatic amines is 1. The molecule has 7 nitrogen and oxygen atoms in total. The number of carbonyl (C=O) groups is 2. The largest absolute Gasteiger partial charge is 0.329 e. The Balaban J connectivity index is 1.65. The third-order valence-electron chi connectivity index (χ3n) is 3.67. The zero-order valence-electron chi connectivity index (χ0n) is 13.9. The Morgan fingerprint density at radius 2 is 1.77 bits per heavy atom. The lowest BCUT2D eigenvalue weighted by Crippen LogP contribution is -2.32. The van der Waals surface area contributed by atoms with Gasteiger partial charge >= 0.3 is 11.8 Å². The molecule has 0 saturated carbocycles. The van der Waals surface area contributed by atoms with Gasteiger partial charge in [-0.05, 0) is 36.6 Å². The summed E-state index contributed by atoms with van der Waals surface area (Å²) < 4.78 is 0. The molecule has 0 fully saturated rings. The lowest BCUT2D eigenvalue weighted by Gasteiger charge is -2.04. The fraction of sp³-hybridized carbons (Fsp3) is 0.0526. The van der Waals surface area contributed by atoms with Crippen LogP contribution >= 0.6 is 0 Å². The van der Waals surface area contributed by atoms with Crippen LogP contribution in [-0.4, -0.2) is 23.0 Å². The van der Waals surface area contributed by atoms with Crippen molar-refractivity contribution in [1.29, 1.82) is 0 Å². The van der Waals surface area contributed by atoms with Gasteiger partial charge in [-0.3, -0.25) is 14.4 Å². The molecule has 0 aliphatic rings. The third-order valence-corrected chi connectivity index (χ3v) is 3.67. The minimum absolute atomic E-state index is 0.267. The van der Waals surface area contributed by atoms with E-state index in [0.717, 1.165) is 10.9 Å². The summed E-state index contributed by atoms with van der Waals surface area (Å²) in [5.41, 5.74) is 4.28. The van der Waals surface area contributed by atoms with E-state index >= 15 is 0 Å². The van der Waals surface area contributed by atoms with E-state index < -0.39 is 11.8 Å².